The number of nitrogens with one attached hydrogen (secondary N) is 1. The number of nitrogens with zero attached hydrogens (tertiary/aromatic N) is 3. The van der Waals surface area contributed by atoms with Crippen molar-refractivity contribution in [2.75, 3.05) is 31.7 Å². The molecule has 21 heavy (non-hydrogen) atoms. The minimum atomic E-state index is 0.685. The zero-order valence-corrected chi connectivity index (χ0v) is 12.9. The first-order valence-electron chi connectivity index (χ1n) is 8.15. The van der Waals surface area contributed by atoms with Crippen molar-refractivity contribution in [3.05, 3.63) is 18.0 Å². The molecule has 1 aliphatic carbocycles. The number of hydrogen-bond donors (Lipinski definition) is 1. The minimum absolute atomic E-state index is 0.685. The Morgan fingerprint density at radius 3 is 2.86 bits per heavy atom. The van der Waals surface area contributed by atoms with Gasteiger partial charge in [0.1, 0.15) is 0 Å². The monoisotopic (exact) mass is 290 g/mol. The molecule has 1 saturated heterocycles. The van der Waals surface area contributed by atoms with Crippen molar-refractivity contribution >= 4 is 5.95 Å². The van der Waals surface area contributed by atoms with Gasteiger partial charge in [-0.3, -0.25) is 0 Å². The van der Waals surface area contributed by atoms with E-state index in [4.69, 9.17) is 4.74 Å². The molecule has 0 bridgehead atoms. The number of rotatable bonds is 6. The number of fused-ring (bicyclic) bond motifs is 1. The molecule has 0 aromatic carbocycles. The first kappa shape index (κ1) is 14.7. The van der Waals surface area contributed by atoms with Crippen LogP contribution in [0.1, 0.15) is 37.7 Å². The maximum Gasteiger partial charge on any atom is 0.225 e. The largest absolute Gasteiger partial charge is 0.383 e. The van der Waals surface area contributed by atoms with E-state index in [1.165, 1.54) is 32.1 Å². The Balaban J connectivity index is 1.56. The molecule has 1 aromatic rings. The molecular formula is C16H26N4O. The van der Waals surface area contributed by atoms with Crippen LogP contribution in [0.5, 0.6) is 0 Å². The standard InChI is InChI=1S/C16H26N4O/c1-21-9-7-17-10-13-11-18-16(19-12-13)20-8-6-14-4-2-3-5-15(14)20/h11-12,14-15,17H,2-10H2,1H3. The Bertz CT molecular complexity index is 436. The van der Waals surface area contributed by atoms with Gasteiger partial charge in [-0.05, 0) is 25.2 Å². The molecule has 5 heteroatoms. The summed E-state index contributed by atoms with van der Waals surface area (Å²) in [6.07, 6.45) is 10.7. The van der Waals surface area contributed by atoms with E-state index in [0.29, 0.717) is 6.04 Å². The van der Waals surface area contributed by atoms with Crippen molar-refractivity contribution in [1.82, 2.24) is 15.3 Å². The van der Waals surface area contributed by atoms with Crippen LogP contribution in [0.15, 0.2) is 12.4 Å². The molecule has 0 radical (unpaired) electrons. The molecule has 0 amide bonds. The summed E-state index contributed by atoms with van der Waals surface area (Å²) >= 11 is 0. The van der Waals surface area contributed by atoms with Gasteiger partial charge >= 0.3 is 0 Å². The molecule has 2 atom stereocenters. The fourth-order valence-corrected chi connectivity index (χ4v) is 3.65. The van der Waals surface area contributed by atoms with Gasteiger partial charge in [0.25, 0.3) is 0 Å². The Hall–Kier alpha value is -1.20. The smallest absolute Gasteiger partial charge is 0.225 e. The molecule has 1 saturated carbocycles. The normalized spacial score (nSPS) is 25.1. The SMILES string of the molecule is COCCNCc1cnc(N2CCC3CCCCC32)nc1. The Morgan fingerprint density at radius 2 is 2.05 bits per heavy atom. The third-order valence-corrected chi connectivity index (χ3v) is 4.77. The quantitative estimate of drug-likeness (QED) is 0.812. The van der Waals surface area contributed by atoms with Crippen LogP contribution in [0.25, 0.3) is 0 Å². The van der Waals surface area contributed by atoms with Crippen molar-refractivity contribution in [2.24, 2.45) is 5.92 Å². The summed E-state index contributed by atoms with van der Waals surface area (Å²) in [5.74, 6) is 1.79. The van der Waals surface area contributed by atoms with Crippen molar-refractivity contribution in [2.45, 2.75) is 44.7 Å². The number of anilines is 1. The lowest BCUT2D eigenvalue weighted by Gasteiger charge is -2.31. The first-order chi connectivity index (χ1) is 10.4. The van der Waals surface area contributed by atoms with E-state index < -0.39 is 0 Å². The molecule has 5 nitrogen and oxygen atoms in total. The van der Waals surface area contributed by atoms with Gasteiger partial charge in [-0.1, -0.05) is 12.8 Å². The number of ether oxygens (including phenoxy) is 1. The second kappa shape index (κ2) is 7.18. The van der Waals surface area contributed by atoms with E-state index in [1.807, 2.05) is 12.4 Å². The van der Waals surface area contributed by atoms with Crippen LogP contribution in [0, 0.1) is 5.92 Å². The fourth-order valence-electron chi connectivity index (χ4n) is 3.65. The van der Waals surface area contributed by atoms with Gasteiger partial charge in [-0.25, -0.2) is 9.97 Å². The van der Waals surface area contributed by atoms with Gasteiger partial charge in [-0.15, -0.1) is 0 Å². The molecule has 1 N–H and O–H groups in total. The molecule has 2 aliphatic rings. The summed E-state index contributed by atoms with van der Waals surface area (Å²) in [5, 5.41) is 3.32. The summed E-state index contributed by atoms with van der Waals surface area (Å²) in [6.45, 7) is 3.51. The second-order valence-electron chi connectivity index (χ2n) is 6.15. The average Bonchev–Trinajstić information content (AvgIpc) is 2.96. The predicted molar refractivity (Wildman–Crippen MR) is 83.3 cm³/mol. The second-order valence-corrected chi connectivity index (χ2v) is 6.15. The maximum atomic E-state index is 5.02. The van der Waals surface area contributed by atoms with E-state index in [1.54, 1.807) is 7.11 Å². The summed E-state index contributed by atoms with van der Waals surface area (Å²) < 4.78 is 5.02. The lowest BCUT2D eigenvalue weighted by atomic mass is 9.85. The topological polar surface area (TPSA) is 50.3 Å². The summed E-state index contributed by atoms with van der Waals surface area (Å²) in [4.78, 5) is 11.6. The Labute approximate surface area is 127 Å². The lowest BCUT2D eigenvalue weighted by Crippen LogP contribution is -2.35. The highest BCUT2D eigenvalue weighted by Gasteiger charge is 2.36. The minimum Gasteiger partial charge on any atom is -0.383 e. The van der Waals surface area contributed by atoms with E-state index in [0.717, 1.165) is 43.7 Å². The van der Waals surface area contributed by atoms with Gasteiger partial charge in [-0.2, -0.15) is 0 Å². The van der Waals surface area contributed by atoms with Crippen molar-refractivity contribution in [1.29, 1.82) is 0 Å². The highest BCUT2D eigenvalue weighted by atomic mass is 16.5. The van der Waals surface area contributed by atoms with Gasteiger partial charge in [0.15, 0.2) is 0 Å². The molecule has 2 heterocycles. The van der Waals surface area contributed by atoms with Gasteiger partial charge in [0, 0.05) is 50.7 Å². The Kier molecular flexibility index (Phi) is 5.04. The van der Waals surface area contributed by atoms with Gasteiger partial charge in [0.05, 0.1) is 6.61 Å². The zero-order valence-electron chi connectivity index (χ0n) is 12.9. The average molecular weight is 290 g/mol. The first-order valence-corrected chi connectivity index (χ1v) is 8.15. The molecular weight excluding hydrogens is 264 g/mol. The van der Waals surface area contributed by atoms with Crippen LogP contribution in [0.3, 0.4) is 0 Å². The van der Waals surface area contributed by atoms with Crippen LogP contribution in [0.4, 0.5) is 5.95 Å². The third kappa shape index (κ3) is 3.52. The van der Waals surface area contributed by atoms with Crippen LogP contribution in [-0.2, 0) is 11.3 Å². The maximum absolute atomic E-state index is 5.02. The molecule has 3 rings (SSSR count). The van der Waals surface area contributed by atoms with E-state index in [-0.39, 0.29) is 0 Å². The van der Waals surface area contributed by atoms with Crippen molar-refractivity contribution in [3.63, 3.8) is 0 Å². The number of aromatic nitrogens is 2. The van der Waals surface area contributed by atoms with E-state index in [2.05, 4.69) is 20.2 Å². The van der Waals surface area contributed by atoms with Crippen LogP contribution in [-0.4, -0.2) is 42.8 Å². The predicted octanol–water partition coefficient (Wildman–Crippen LogP) is 1.98. The highest BCUT2D eigenvalue weighted by Crippen LogP contribution is 2.37. The summed E-state index contributed by atoms with van der Waals surface area (Å²) in [6, 6.07) is 0.685. The zero-order chi connectivity index (χ0) is 14.5. The van der Waals surface area contributed by atoms with Crippen LogP contribution >= 0.6 is 0 Å². The van der Waals surface area contributed by atoms with Gasteiger partial charge < -0.3 is 15.0 Å². The fraction of sp³-hybridized carbons (Fsp3) is 0.750. The summed E-state index contributed by atoms with van der Waals surface area (Å²) in [5.41, 5.74) is 1.13. The van der Waals surface area contributed by atoms with Crippen molar-refractivity contribution < 1.29 is 4.74 Å². The molecule has 116 valence electrons. The molecule has 1 aliphatic heterocycles. The highest BCUT2D eigenvalue weighted by molar-refractivity contribution is 5.34. The van der Waals surface area contributed by atoms with Crippen LogP contribution < -0.4 is 10.2 Å². The third-order valence-electron chi connectivity index (χ3n) is 4.77. The number of hydrogen-bond acceptors (Lipinski definition) is 5. The summed E-state index contributed by atoms with van der Waals surface area (Å²) in [7, 11) is 1.72. The van der Waals surface area contributed by atoms with E-state index in [9.17, 15) is 0 Å². The Morgan fingerprint density at radius 1 is 1.24 bits per heavy atom. The van der Waals surface area contributed by atoms with Gasteiger partial charge in [0.2, 0.25) is 5.95 Å². The van der Waals surface area contributed by atoms with E-state index >= 15 is 0 Å². The lowest BCUT2D eigenvalue weighted by molar-refractivity contribution is 0.199. The van der Waals surface area contributed by atoms with Crippen molar-refractivity contribution in [3.8, 4) is 0 Å². The molecule has 2 fully saturated rings. The molecule has 0 spiro atoms. The number of methoxy groups -OCH3 is 1. The van der Waals surface area contributed by atoms with Crippen LogP contribution in [0.2, 0.25) is 0 Å². The molecule has 1 aromatic heterocycles. The molecule has 2 unspecified atom stereocenters.